The van der Waals surface area contributed by atoms with Crippen LogP contribution in [0.1, 0.15) is 0 Å². The van der Waals surface area contributed by atoms with E-state index in [0.29, 0.717) is 0 Å². The molecule has 0 radical (unpaired) electrons. The molecular formula is C5H10B3O5P3S3. The summed E-state index contributed by atoms with van der Waals surface area (Å²) in [6.07, 6.45) is -2.86. The Kier molecular flexibility index (Phi) is 9.68. The van der Waals surface area contributed by atoms with Gasteiger partial charge in [0.05, 0.1) is 0 Å². The third kappa shape index (κ3) is 6.62. The zero-order chi connectivity index (χ0) is 14.4. The van der Waals surface area contributed by atoms with Crippen LogP contribution in [0.25, 0.3) is 0 Å². The predicted molar refractivity (Wildman–Crippen MR) is 91.3 cm³/mol. The van der Waals surface area contributed by atoms with Gasteiger partial charge in [0.15, 0.2) is 0 Å². The summed E-state index contributed by atoms with van der Waals surface area (Å²) in [4.78, 5) is 0. The van der Waals surface area contributed by atoms with Crippen molar-refractivity contribution < 1.29 is 22.9 Å². The molecule has 3 unspecified atom stereocenters. The van der Waals surface area contributed by atoms with Crippen LogP contribution in [0.2, 0.25) is 0 Å². The Bertz CT molecular complexity index is 615. The topological polar surface area (TPSA) is 57.2 Å². The van der Waals surface area contributed by atoms with E-state index in [1.807, 2.05) is 0 Å². The third-order valence-electron chi connectivity index (χ3n) is 2.15. The molecule has 0 amide bonds. The van der Waals surface area contributed by atoms with Gasteiger partial charge in [-0.25, -0.2) is 0 Å². The Morgan fingerprint density at radius 2 is 2.05 bits per heavy atom. The SMILES string of the molecule is B=S(#P)OC[C@H]1OC(O)[C@H](OS(=B)#P)C1OB=[PH]=S. The van der Waals surface area contributed by atoms with E-state index < -0.39 is 43.8 Å². The molecule has 0 saturated carbocycles. The number of hydrogen-bond acceptors (Lipinski definition) is 6. The normalized spacial score (nSPS) is 29.9. The van der Waals surface area contributed by atoms with Gasteiger partial charge in [-0.1, -0.05) is 0 Å². The van der Waals surface area contributed by atoms with Gasteiger partial charge in [-0.05, 0) is 0 Å². The van der Waals surface area contributed by atoms with Crippen LogP contribution >= 0.6 is 41.6 Å². The second kappa shape index (κ2) is 9.76. The fraction of sp³-hybridized carbons (Fsp3) is 1.00. The van der Waals surface area contributed by atoms with Crippen molar-refractivity contribution in [1.29, 1.82) is 0 Å². The van der Waals surface area contributed by atoms with Crippen LogP contribution in [-0.4, -0.2) is 56.6 Å². The summed E-state index contributed by atoms with van der Waals surface area (Å²) < 4.78 is 21.5. The molecule has 1 saturated heterocycles. The van der Waals surface area contributed by atoms with E-state index >= 15 is 0 Å². The fourth-order valence-electron chi connectivity index (χ4n) is 1.49. The summed E-state index contributed by atoms with van der Waals surface area (Å²) in [5, 5.41) is 9.83. The van der Waals surface area contributed by atoms with Crippen LogP contribution in [0.15, 0.2) is 0 Å². The monoisotopic (exact) mass is 372 g/mol. The molecule has 1 rings (SSSR count). The standard InChI is InChI=1S/C5H10B3O5P3S3/c6-18(14)10-1-2-3(12-8-16-17)4(5(9)11-2)13-19(7)15/h2-7,9,16H,1H2/t2-,3?,4-,5?/m1/s1. The zero-order valence-electron chi connectivity index (χ0n) is 9.71. The second-order valence-corrected chi connectivity index (χ2v) is 8.73. The van der Waals surface area contributed by atoms with Crippen LogP contribution < -0.4 is 0 Å². The van der Waals surface area contributed by atoms with Gasteiger partial charge in [-0.2, -0.15) is 0 Å². The van der Waals surface area contributed by atoms with Crippen molar-refractivity contribution in [2.45, 2.75) is 24.6 Å². The van der Waals surface area contributed by atoms with Crippen LogP contribution in [0.5, 0.6) is 0 Å². The Morgan fingerprint density at radius 1 is 1.37 bits per heavy atom. The molecule has 1 fully saturated rings. The van der Waals surface area contributed by atoms with Crippen LogP contribution in [0, 0.1) is 0 Å². The summed E-state index contributed by atoms with van der Waals surface area (Å²) >= 11 is 4.81. The molecule has 1 N–H and O–H groups in total. The number of aliphatic hydroxyl groups excluding tert-OH is 1. The third-order valence-corrected chi connectivity index (χ3v) is 4.10. The van der Waals surface area contributed by atoms with Crippen LogP contribution in [0.4, 0.5) is 0 Å². The van der Waals surface area contributed by atoms with Crippen LogP contribution in [-0.2, 0) is 29.6 Å². The second-order valence-electron chi connectivity index (χ2n) is 3.39. The van der Waals surface area contributed by atoms with Gasteiger partial charge in [0.2, 0.25) is 0 Å². The molecule has 19 heavy (non-hydrogen) atoms. The minimum absolute atomic E-state index is 0.0937. The van der Waals surface area contributed by atoms with E-state index in [9.17, 15) is 5.11 Å². The first-order chi connectivity index (χ1) is 8.95. The van der Waals surface area contributed by atoms with Gasteiger partial charge in [0.25, 0.3) is 0 Å². The molecule has 1 heterocycles. The number of rotatable bonds is 5. The maximum atomic E-state index is 9.83. The van der Waals surface area contributed by atoms with Gasteiger partial charge in [-0.15, -0.1) is 0 Å². The van der Waals surface area contributed by atoms with Gasteiger partial charge >= 0.3 is 128 Å². The summed E-state index contributed by atoms with van der Waals surface area (Å²) in [5.41, 5.74) is 0. The molecule has 1 aliphatic rings. The molecule has 0 aromatic carbocycles. The van der Waals surface area contributed by atoms with E-state index in [2.05, 4.69) is 29.1 Å². The van der Waals surface area contributed by atoms with Gasteiger partial charge < -0.3 is 0 Å². The summed E-state index contributed by atoms with van der Waals surface area (Å²) in [6, 6.07) is 0. The Labute approximate surface area is 127 Å². The van der Waals surface area contributed by atoms with Crippen molar-refractivity contribution in [3.05, 3.63) is 0 Å². The molecule has 1 aliphatic heterocycles. The van der Waals surface area contributed by atoms with Gasteiger partial charge in [-0.3, -0.25) is 0 Å². The van der Waals surface area contributed by atoms with E-state index in [-0.39, 0.29) is 13.5 Å². The minimum atomic E-state index is -1.13. The van der Waals surface area contributed by atoms with Crippen molar-refractivity contribution >= 4 is 73.7 Å². The maximum absolute atomic E-state index is 9.83. The first-order valence-electron chi connectivity index (χ1n) is 4.90. The predicted octanol–water partition coefficient (Wildman–Crippen LogP) is 0.816. The van der Waals surface area contributed by atoms with Crippen molar-refractivity contribution in [2.24, 2.45) is 0 Å². The molecular weight excluding hydrogens is 362 g/mol. The Morgan fingerprint density at radius 3 is 2.58 bits per heavy atom. The van der Waals surface area contributed by atoms with E-state index in [4.69, 9.17) is 29.6 Å². The first-order valence-corrected chi connectivity index (χ1v) is 11.9. The number of aliphatic hydroxyl groups is 1. The number of hydrogen-bond donors (Lipinski definition) is 1. The molecule has 5 nitrogen and oxygen atoms in total. The molecule has 5 atom stereocenters. The quantitative estimate of drug-likeness (QED) is 0.570. The molecule has 0 spiro atoms. The summed E-state index contributed by atoms with van der Waals surface area (Å²) in [6.45, 7) is 8.98. The van der Waals surface area contributed by atoms with E-state index in [1.54, 1.807) is 0 Å². The van der Waals surface area contributed by atoms with Crippen molar-refractivity contribution in [1.82, 2.24) is 0 Å². The average Bonchev–Trinajstić information content (AvgIpc) is 2.60. The Balaban J connectivity index is 2.83. The van der Waals surface area contributed by atoms with E-state index in [0.717, 1.165) is 0 Å². The summed E-state index contributed by atoms with van der Waals surface area (Å²) in [5.74, 6) is 0. The van der Waals surface area contributed by atoms with Crippen LogP contribution in [0.3, 0.4) is 0 Å². The summed E-state index contributed by atoms with van der Waals surface area (Å²) in [7, 11) is 6.49. The van der Waals surface area contributed by atoms with Crippen molar-refractivity contribution in [3.8, 4) is 0 Å². The molecule has 0 bridgehead atoms. The first kappa shape index (κ1) is 18.9. The fourth-order valence-corrected chi connectivity index (χ4v) is 3.10. The average molecular weight is 372 g/mol. The molecule has 102 valence electrons. The zero-order valence-corrected chi connectivity index (χ0v) is 14.9. The molecule has 14 heteroatoms. The van der Waals surface area contributed by atoms with E-state index in [1.165, 1.54) is 6.82 Å². The Hall–Kier alpha value is 1.81. The van der Waals surface area contributed by atoms with Crippen molar-refractivity contribution in [2.75, 3.05) is 6.61 Å². The van der Waals surface area contributed by atoms with Gasteiger partial charge in [0.1, 0.15) is 0 Å². The van der Waals surface area contributed by atoms with Crippen molar-refractivity contribution in [3.63, 3.8) is 0 Å². The molecule has 0 aromatic heterocycles. The number of ether oxygens (including phenoxy) is 1. The molecule has 0 aliphatic carbocycles. The molecule has 0 aromatic rings. The van der Waals surface area contributed by atoms with Gasteiger partial charge in [0, 0.05) is 0 Å².